The van der Waals surface area contributed by atoms with E-state index in [1.807, 2.05) is 0 Å². The van der Waals surface area contributed by atoms with E-state index < -0.39 is 4.92 Å². The maximum absolute atomic E-state index is 10.4. The van der Waals surface area contributed by atoms with Crippen LogP contribution in [0.4, 0.5) is 11.6 Å². The van der Waals surface area contributed by atoms with E-state index in [-0.39, 0.29) is 5.69 Å². The molecule has 0 amide bonds. The van der Waals surface area contributed by atoms with Crippen molar-refractivity contribution in [2.75, 3.05) is 44.7 Å². The quantitative estimate of drug-likeness (QED) is 0.588. The van der Waals surface area contributed by atoms with E-state index in [0.717, 1.165) is 32.8 Å². The Kier molecular flexibility index (Phi) is 4.37. The van der Waals surface area contributed by atoms with Gasteiger partial charge in [0.1, 0.15) is 12.4 Å². The van der Waals surface area contributed by atoms with Crippen LogP contribution < -0.4 is 5.32 Å². The Balaban J connectivity index is 1.74. The first-order chi connectivity index (χ1) is 8.75. The van der Waals surface area contributed by atoms with Crippen LogP contribution in [-0.2, 0) is 4.74 Å². The summed E-state index contributed by atoms with van der Waals surface area (Å²) in [5.41, 5.74) is -0.103. The molecule has 0 unspecified atom stereocenters. The number of morpholine rings is 1. The van der Waals surface area contributed by atoms with E-state index in [9.17, 15) is 10.1 Å². The summed E-state index contributed by atoms with van der Waals surface area (Å²) in [6, 6.07) is 0. The van der Waals surface area contributed by atoms with Crippen molar-refractivity contribution in [3.05, 3.63) is 22.5 Å². The lowest BCUT2D eigenvalue weighted by atomic mass is 10.4. The molecule has 8 heteroatoms. The number of nitrogens with one attached hydrogen (secondary N) is 1. The molecular formula is C10H15N5O3. The fraction of sp³-hybridized carbons (Fsp3) is 0.600. The summed E-state index contributed by atoms with van der Waals surface area (Å²) in [5, 5.41) is 13.5. The fourth-order valence-corrected chi connectivity index (χ4v) is 1.66. The molecule has 1 aliphatic heterocycles. The zero-order chi connectivity index (χ0) is 12.8. The van der Waals surface area contributed by atoms with Crippen molar-refractivity contribution in [1.82, 2.24) is 14.9 Å². The highest BCUT2D eigenvalue weighted by atomic mass is 16.6. The van der Waals surface area contributed by atoms with Gasteiger partial charge in [0.25, 0.3) is 0 Å². The lowest BCUT2D eigenvalue weighted by molar-refractivity contribution is -0.385. The highest BCUT2D eigenvalue weighted by Crippen LogP contribution is 2.07. The van der Waals surface area contributed by atoms with Crippen molar-refractivity contribution < 1.29 is 9.66 Å². The highest BCUT2D eigenvalue weighted by molar-refractivity contribution is 5.30. The molecule has 0 saturated carbocycles. The predicted octanol–water partition coefficient (Wildman–Crippen LogP) is 0.129. The minimum atomic E-state index is -0.516. The Morgan fingerprint density at radius 1 is 1.39 bits per heavy atom. The molecule has 0 spiro atoms. The van der Waals surface area contributed by atoms with Crippen molar-refractivity contribution >= 4 is 11.6 Å². The molecule has 2 rings (SSSR count). The second kappa shape index (κ2) is 6.22. The monoisotopic (exact) mass is 253 g/mol. The molecule has 1 aromatic heterocycles. The lowest BCUT2D eigenvalue weighted by Crippen LogP contribution is -2.39. The van der Waals surface area contributed by atoms with E-state index >= 15 is 0 Å². The fourth-order valence-electron chi connectivity index (χ4n) is 1.66. The van der Waals surface area contributed by atoms with Gasteiger partial charge in [-0.25, -0.2) is 9.97 Å². The van der Waals surface area contributed by atoms with Crippen LogP contribution in [0.2, 0.25) is 0 Å². The second-order valence-corrected chi connectivity index (χ2v) is 3.90. The molecule has 1 fully saturated rings. The van der Waals surface area contributed by atoms with Crippen molar-refractivity contribution in [3.8, 4) is 0 Å². The SMILES string of the molecule is O=[N+]([O-])c1cnc(NCCN2CCOCC2)nc1. The van der Waals surface area contributed by atoms with E-state index in [1.54, 1.807) is 0 Å². The molecule has 0 radical (unpaired) electrons. The Bertz CT molecular complexity index is 391. The molecule has 0 atom stereocenters. The molecule has 1 saturated heterocycles. The van der Waals surface area contributed by atoms with E-state index in [2.05, 4.69) is 20.2 Å². The Hall–Kier alpha value is -1.80. The summed E-state index contributed by atoms with van der Waals surface area (Å²) >= 11 is 0. The van der Waals surface area contributed by atoms with E-state index in [1.165, 1.54) is 12.4 Å². The third-order valence-electron chi connectivity index (χ3n) is 2.66. The normalized spacial score (nSPS) is 16.4. The molecule has 1 aromatic rings. The molecule has 0 bridgehead atoms. The molecule has 18 heavy (non-hydrogen) atoms. The average Bonchev–Trinajstić information content (AvgIpc) is 2.40. The van der Waals surface area contributed by atoms with Gasteiger partial charge in [-0.2, -0.15) is 0 Å². The van der Waals surface area contributed by atoms with Gasteiger partial charge in [0, 0.05) is 26.2 Å². The van der Waals surface area contributed by atoms with Crippen molar-refractivity contribution in [2.45, 2.75) is 0 Å². The van der Waals surface area contributed by atoms with Gasteiger partial charge < -0.3 is 10.1 Å². The molecule has 98 valence electrons. The zero-order valence-corrected chi connectivity index (χ0v) is 9.91. The first-order valence-electron chi connectivity index (χ1n) is 5.76. The standard InChI is InChI=1S/C10H15N5O3/c16-15(17)9-7-12-10(13-8-9)11-1-2-14-3-5-18-6-4-14/h7-8H,1-6H2,(H,11,12,13). The van der Waals surface area contributed by atoms with Gasteiger partial charge in [-0.1, -0.05) is 0 Å². The lowest BCUT2D eigenvalue weighted by Gasteiger charge is -2.26. The van der Waals surface area contributed by atoms with Gasteiger partial charge in [-0.05, 0) is 0 Å². The Morgan fingerprint density at radius 2 is 2.06 bits per heavy atom. The summed E-state index contributed by atoms with van der Waals surface area (Å²) < 4.78 is 5.25. The maximum atomic E-state index is 10.4. The van der Waals surface area contributed by atoms with E-state index in [4.69, 9.17) is 4.74 Å². The summed E-state index contributed by atoms with van der Waals surface area (Å²) in [6.07, 6.45) is 2.40. The topological polar surface area (TPSA) is 93.4 Å². The number of aromatic nitrogens is 2. The van der Waals surface area contributed by atoms with Crippen LogP contribution in [0, 0.1) is 10.1 Å². The molecule has 8 nitrogen and oxygen atoms in total. The van der Waals surface area contributed by atoms with Crippen LogP contribution in [0.5, 0.6) is 0 Å². The van der Waals surface area contributed by atoms with E-state index in [0.29, 0.717) is 12.5 Å². The smallest absolute Gasteiger partial charge is 0.305 e. The summed E-state index contributed by atoms with van der Waals surface area (Å²) in [7, 11) is 0. The number of hydrogen-bond donors (Lipinski definition) is 1. The molecule has 0 aliphatic carbocycles. The third-order valence-corrected chi connectivity index (χ3v) is 2.66. The largest absolute Gasteiger partial charge is 0.379 e. The number of anilines is 1. The van der Waals surface area contributed by atoms with Crippen LogP contribution in [0.3, 0.4) is 0 Å². The Labute approximate surface area is 104 Å². The second-order valence-electron chi connectivity index (χ2n) is 3.90. The zero-order valence-electron chi connectivity index (χ0n) is 9.91. The van der Waals surface area contributed by atoms with Gasteiger partial charge in [0.05, 0.1) is 18.1 Å². The third kappa shape index (κ3) is 3.60. The van der Waals surface area contributed by atoms with Crippen LogP contribution >= 0.6 is 0 Å². The van der Waals surface area contributed by atoms with Gasteiger partial charge >= 0.3 is 5.69 Å². The maximum Gasteiger partial charge on any atom is 0.305 e. The average molecular weight is 253 g/mol. The first-order valence-corrected chi connectivity index (χ1v) is 5.76. The number of nitrogens with zero attached hydrogens (tertiary/aromatic N) is 4. The van der Waals surface area contributed by atoms with Gasteiger partial charge in [-0.3, -0.25) is 15.0 Å². The molecule has 1 N–H and O–H groups in total. The number of nitro groups is 1. The first kappa shape index (κ1) is 12.7. The predicted molar refractivity (Wildman–Crippen MR) is 64.4 cm³/mol. The van der Waals surface area contributed by atoms with Crippen LogP contribution in [0.25, 0.3) is 0 Å². The highest BCUT2D eigenvalue weighted by Gasteiger charge is 2.10. The number of ether oxygens (including phenoxy) is 1. The van der Waals surface area contributed by atoms with Crippen molar-refractivity contribution in [1.29, 1.82) is 0 Å². The molecule has 2 heterocycles. The molecular weight excluding hydrogens is 238 g/mol. The summed E-state index contributed by atoms with van der Waals surface area (Å²) in [5.74, 6) is 0.411. The summed E-state index contributed by atoms with van der Waals surface area (Å²) in [4.78, 5) is 19.9. The minimum Gasteiger partial charge on any atom is -0.379 e. The molecule has 1 aliphatic rings. The minimum absolute atomic E-state index is 0.103. The summed E-state index contributed by atoms with van der Waals surface area (Å²) in [6.45, 7) is 5.00. The van der Waals surface area contributed by atoms with Crippen LogP contribution in [0.15, 0.2) is 12.4 Å². The van der Waals surface area contributed by atoms with Crippen LogP contribution in [0.1, 0.15) is 0 Å². The van der Waals surface area contributed by atoms with Crippen LogP contribution in [-0.4, -0.2) is 59.2 Å². The van der Waals surface area contributed by atoms with Crippen molar-refractivity contribution in [3.63, 3.8) is 0 Å². The van der Waals surface area contributed by atoms with Gasteiger partial charge in [0.15, 0.2) is 0 Å². The Morgan fingerprint density at radius 3 is 2.67 bits per heavy atom. The molecule has 0 aromatic carbocycles. The van der Waals surface area contributed by atoms with Crippen molar-refractivity contribution in [2.24, 2.45) is 0 Å². The number of rotatable bonds is 5. The van der Waals surface area contributed by atoms with Gasteiger partial charge in [-0.15, -0.1) is 0 Å². The number of hydrogen-bond acceptors (Lipinski definition) is 7. The van der Waals surface area contributed by atoms with Gasteiger partial charge in [0.2, 0.25) is 5.95 Å².